The van der Waals surface area contributed by atoms with Crippen molar-refractivity contribution in [3.8, 4) is 56.3 Å². The zero-order valence-electron chi connectivity index (χ0n) is 29.6. The van der Waals surface area contributed by atoms with Gasteiger partial charge in [0.15, 0.2) is 5.82 Å². The molecule has 4 nitrogen and oxygen atoms in total. The molecule has 0 aliphatic rings. The molecular formula is C51H31N3O. The van der Waals surface area contributed by atoms with Crippen LogP contribution in [0.1, 0.15) is 0 Å². The van der Waals surface area contributed by atoms with E-state index in [0.29, 0.717) is 5.82 Å². The number of benzene rings is 8. The van der Waals surface area contributed by atoms with Crippen LogP contribution in [-0.4, -0.2) is 15.0 Å². The highest BCUT2D eigenvalue weighted by molar-refractivity contribution is 6.20. The fraction of sp³-hybridized carbons (Fsp3) is 0. The molecule has 0 radical (unpaired) electrons. The molecular weight excluding hydrogens is 671 g/mol. The Morgan fingerprint density at radius 3 is 1.67 bits per heavy atom. The highest BCUT2D eigenvalue weighted by Crippen LogP contribution is 2.42. The highest BCUT2D eigenvalue weighted by Gasteiger charge is 2.20. The van der Waals surface area contributed by atoms with Gasteiger partial charge in [0.2, 0.25) is 0 Å². The van der Waals surface area contributed by atoms with Crippen LogP contribution in [0.2, 0.25) is 0 Å². The summed E-state index contributed by atoms with van der Waals surface area (Å²) in [5, 5.41) is 7.97. The molecule has 0 saturated heterocycles. The summed E-state index contributed by atoms with van der Waals surface area (Å²) in [6.45, 7) is 0. The Labute approximate surface area is 317 Å². The fourth-order valence-electron chi connectivity index (χ4n) is 8.00. The Morgan fingerprint density at radius 2 is 0.945 bits per heavy atom. The second-order valence-electron chi connectivity index (χ2n) is 14.0. The lowest BCUT2D eigenvalue weighted by Gasteiger charge is -2.13. The van der Waals surface area contributed by atoms with Gasteiger partial charge in [0, 0.05) is 33.0 Å². The quantitative estimate of drug-likeness (QED) is 0.168. The van der Waals surface area contributed by atoms with Crippen molar-refractivity contribution < 1.29 is 4.42 Å². The van der Waals surface area contributed by atoms with Crippen molar-refractivity contribution in [2.75, 3.05) is 0 Å². The number of fused-ring (bicyclic) bond motifs is 8. The number of rotatable bonds is 5. The van der Waals surface area contributed by atoms with E-state index in [1.54, 1.807) is 0 Å². The molecule has 0 aliphatic carbocycles. The topological polar surface area (TPSA) is 51.8 Å². The Bertz CT molecular complexity index is 3180. The summed E-state index contributed by atoms with van der Waals surface area (Å²) in [6.07, 6.45) is 0. The van der Waals surface area contributed by atoms with Crippen LogP contribution >= 0.6 is 0 Å². The minimum absolute atomic E-state index is 0.672. The molecule has 3 heterocycles. The predicted octanol–water partition coefficient (Wildman–Crippen LogP) is 13.6. The number of para-hydroxylation sites is 1. The Morgan fingerprint density at radius 1 is 0.364 bits per heavy atom. The number of hydrogen-bond donors (Lipinski definition) is 0. The Kier molecular flexibility index (Phi) is 7.14. The van der Waals surface area contributed by atoms with Gasteiger partial charge in [-0.05, 0) is 63.0 Å². The van der Waals surface area contributed by atoms with E-state index in [1.165, 1.54) is 27.1 Å². The normalized spacial score (nSPS) is 11.6. The summed E-state index contributed by atoms with van der Waals surface area (Å²) in [4.78, 5) is 15.5. The molecule has 0 fully saturated rings. The van der Waals surface area contributed by atoms with Gasteiger partial charge in [0.1, 0.15) is 11.2 Å². The molecule has 0 unspecified atom stereocenters. The van der Waals surface area contributed by atoms with E-state index in [9.17, 15) is 0 Å². The molecule has 8 aromatic carbocycles. The van der Waals surface area contributed by atoms with Gasteiger partial charge in [0.05, 0.1) is 28.0 Å². The highest BCUT2D eigenvalue weighted by atomic mass is 16.3. The van der Waals surface area contributed by atoms with Crippen LogP contribution in [0.5, 0.6) is 0 Å². The van der Waals surface area contributed by atoms with Gasteiger partial charge in [-0.2, -0.15) is 0 Å². The third kappa shape index (κ3) is 5.26. The number of furan rings is 1. The van der Waals surface area contributed by atoms with Gasteiger partial charge in [0.25, 0.3) is 0 Å². The smallest absolute Gasteiger partial charge is 0.160 e. The predicted molar refractivity (Wildman–Crippen MR) is 227 cm³/mol. The molecule has 0 atom stereocenters. The largest absolute Gasteiger partial charge is 0.455 e. The Hall–Kier alpha value is -7.43. The van der Waals surface area contributed by atoms with Gasteiger partial charge >= 0.3 is 0 Å². The molecule has 0 saturated carbocycles. The second kappa shape index (κ2) is 12.6. The summed E-state index contributed by atoms with van der Waals surface area (Å²) >= 11 is 0. The maximum atomic E-state index is 6.72. The molecule has 3 aromatic heterocycles. The Balaban J connectivity index is 1.07. The first kappa shape index (κ1) is 31.1. The van der Waals surface area contributed by atoms with E-state index in [0.717, 1.165) is 77.7 Å². The van der Waals surface area contributed by atoms with Crippen molar-refractivity contribution in [1.82, 2.24) is 15.0 Å². The summed E-state index contributed by atoms with van der Waals surface area (Å²) in [7, 11) is 0. The molecule has 0 aliphatic heterocycles. The molecule has 0 bridgehead atoms. The maximum Gasteiger partial charge on any atom is 0.160 e. The molecule has 4 heteroatoms. The van der Waals surface area contributed by atoms with E-state index in [2.05, 4.69) is 140 Å². The number of aromatic nitrogens is 3. The van der Waals surface area contributed by atoms with Gasteiger partial charge in [-0.1, -0.05) is 158 Å². The molecule has 55 heavy (non-hydrogen) atoms. The maximum absolute atomic E-state index is 6.72. The molecule has 0 spiro atoms. The van der Waals surface area contributed by atoms with E-state index < -0.39 is 0 Å². The van der Waals surface area contributed by atoms with Crippen LogP contribution in [0.25, 0.3) is 111 Å². The van der Waals surface area contributed by atoms with Crippen LogP contribution in [0.4, 0.5) is 0 Å². The van der Waals surface area contributed by atoms with Gasteiger partial charge in [-0.15, -0.1) is 0 Å². The van der Waals surface area contributed by atoms with Crippen LogP contribution in [0.15, 0.2) is 192 Å². The average Bonchev–Trinajstić information content (AvgIpc) is 3.66. The zero-order chi connectivity index (χ0) is 36.3. The zero-order valence-corrected chi connectivity index (χ0v) is 29.6. The molecule has 0 N–H and O–H groups in total. The molecule has 11 rings (SSSR count). The van der Waals surface area contributed by atoms with Crippen molar-refractivity contribution in [2.24, 2.45) is 0 Å². The summed E-state index contributed by atoms with van der Waals surface area (Å²) in [5.41, 5.74) is 11.5. The van der Waals surface area contributed by atoms with Crippen LogP contribution in [0, 0.1) is 0 Å². The van der Waals surface area contributed by atoms with Crippen molar-refractivity contribution in [1.29, 1.82) is 0 Å². The summed E-state index contributed by atoms with van der Waals surface area (Å²) in [6, 6.07) is 65.5. The van der Waals surface area contributed by atoms with Gasteiger partial charge < -0.3 is 4.42 Å². The van der Waals surface area contributed by atoms with E-state index in [1.807, 2.05) is 48.5 Å². The lowest BCUT2D eigenvalue weighted by Crippen LogP contribution is -1.96. The first-order valence-electron chi connectivity index (χ1n) is 18.5. The summed E-state index contributed by atoms with van der Waals surface area (Å²) < 4.78 is 6.72. The monoisotopic (exact) mass is 701 g/mol. The second-order valence-corrected chi connectivity index (χ2v) is 14.0. The van der Waals surface area contributed by atoms with Crippen LogP contribution in [0.3, 0.4) is 0 Å². The lowest BCUT2D eigenvalue weighted by atomic mass is 9.92. The van der Waals surface area contributed by atoms with E-state index in [4.69, 9.17) is 19.4 Å². The third-order valence-corrected chi connectivity index (χ3v) is 10.7. The third-order valence-electron chi connectivity index (χ3n) is 10.7. The number of pyridine rings is 1. The minimum Gasteiger partial charge on any atom is -0.455 e. The molecule has 11 aromatic rings. The lowest BCUT2D eigenvalue weighted by molar-refractivity contribution is 0.672. The standard InChI is InChI=1S/C51H31N3O/c1-3-13-32(14-4-1)45-31-46(33-15-5-2-6-16-33)54-51(53-45)35-25-23-34(24-26-35)49-48-41-21-11-12-22-47(41)55-50(48)43-30-37(27-28-44(43)52-49)42-29-36-17-7-8-18-38(36)39-19-9-10-20-40(39)42/h1-31H. The number of nitrogens with zero attached hydrogens (tertiary/aromatic N) is 3. The number of hydrogen-bond acceptors (Lipinski definition) is 4. The van der Waals surface area contributed by atoms with Crippen molar-refractivity contribution in [3.05, 3.63) is 188 Å². The van der Waals surface area contributed by atoms with Crippen molar-refractivity contribution in [3.63, 3.8) is 0 Å². The molecule has 256 valence electrons. The first-order valence-corrected chi connectivity index (χ1v) is 18.5. The van der Waals surface area contributed by atoms with Crippen molar-refractivity contribution >= 4 is 54.4 Å². The summed E-state index contributed by atoms with van der Waals surface area (Å²) in [5.74, 6) is 0.672. The van der Waals surface area contributed by atoms with Gasteiger partial charge in [-0.3, -0.25) is 0 Å². The minimum atomic E-state index is 0.672. The average molecular weight is 702 g/mol. The molecule has 0 amide bonds. The fourth-order valence-corrected chi connectivity index (χ4v) is 8.00. The van der Waals surface area contributed by atoms with Gasteiger partial charge in [-0.25, -0.2) is 15.0 Å². The van der Waals surface area contributed by atoms with E-state index >= 15 is 0 Å². The van der Waals surface area contributed by atoms with E-state index in [-0.39, 0.29) is 0 Å². The first-order chi connectivity index (χ1) is 27.2. The SMILES string of the molecule is c1ccc(-c2cc(-c3ccccc3)nc(-c3ccc(-c4nc5ccc(-c6cc7ccccc7c7ccccc67)cc5c5oc6ccccc6c45)cc3)n2)cc1. The van der Waals surface area contributed by atoms with Crippen LogP contribution < -0.4 is 0 Å². The van der Waals surface area contributed by atoms with Crippen LogP contribution in [-0.2, 0) is 0 Å². The van der Waals surface area contributed by atoms with Crippen molar-refractivity contribution in [2.45, 2.75) is 0 Å².